The molecule has 0 heterocycles. The van der Waals surface area contributed by atoms with Gasteiger partial charge in [0.05, 0.1) is 18.2 Å². The van der Waals surface area contributed by atoms with Gasteiger partial charge in [-0.1, -0.05) is 0 Å². The third-order valence-corrected chi connectivity index (χ3v) is 2.32. The monoisotopic (exact) mass is 192 g/mol. The van der Waals surface area contributed by atoms with E-state index >= 15 is 0 Å². The first-order valence-electron chi connectivity index (χ1n) is 4.24. The Balaban J connectivity index is 3.57. The normalized spacial score (nSPS) is 9.64. The molecule has 3 heteroatoms. The van der Waals surface area contributed by atoms with E-state index in [9.17, 15) is 9.59 Å². The highest BCUT2D eigenvalue weighted by atomic mass is 16.5. The Hall–Kier alpha value is -1.64. The van der Waals surface area contributed by atoms with Crippen LogP contribution in [-0.2, 0) is 0 Å². The molecule has 0 saturated heterocycles. The van der Waals surface area contributed by atoms with E-state index in [-0.39, 0.29) is 0 Å². The Morgan fingerprint density at radius 3 is 2.29 bits per heavy atom. The molecule has 0 fully saturated rings. The number of benzene rings is 1. The molecule has 0 radical (unpaired) electrons. The van der Waals surface area contributed by atoms with Gasteiger partial charge in [0.25, 0.3) is 0 Å². The molecule has 0 aliphatic carbocycles. The molecular formula is C11H12O3. The Bertz CT molecular complexity index is 381. The summed E-state index contributed by atoms with van der Waals surface area (Å²) < 4.78 is 5.03. The second kappa shape index (κ2) is 4.05. The third kappa shape index (κ3) is 1.53. The van der Waals surface area contributed by atoms with Crippen molar-refractivity contribution in [3.8, 4) is 5.75 Å². The van der Waals surface area contributed by atoms with Crippen LogP contribution in [0.5, 0.6) is 5.75 Å². The van der Waals surface area contributed by atoms with Crippen molar-refractivity contribution in [2.45, 2.75) is 13.8 Å². The first kappa shape index (κ1) is 10.4. The summed E-state index contributed by atoms with van der Waals surface area (Å²) in [6, 6.07) is 1.72. The van der Waals surface area contributed by atoms with Crippen molar-refractivity contribution in [1.29, 1.82) is 0 Å². The van der Waals surface area contributed by atoms with Crippen molar-refractivity contribution in [3.63, 3.8) is 0 Å². The van der Waals surface area contributed by atoms with E-state index < -0.39 is 0 Å². The van der Waals surface area contributed by atoms with Crippen molar-refractivity contribution in [2.24, 2.45) is 0 Å². The number of hydrogen-bond acceptors (Lipinski definition) is 3. The summed E-state index contributed by atoms with van der Waals surface area (Å²) in [4.78, 5) is 21.6. The summed E-state index contributed by atoms with van der Waals surface area (Å²) in [5.41, 5.74) is 2.63. The molecule has 3 nitrogen and oxygen atoms in total. The maximum Gasteiger partial charge on any atom is 0.154 e. The van der Waals surface area contributed by atoms with E-state index in [1.165, 1.54) is 7.11 Å². The number of carbonyl (C=O) groups is 2. The second-order valence-corrected chi connectivity index (χ2v) is 3.09. The number of ether oxygens (including phenoxy) is 1. The van der Waals surface area contributed by atoms with Crippen LogP contribution in [0.1, 0.15) is 31.8 Å². The van der Waals surface area contributed by atoms with Crippen LogP contribution in [0.3, 0.4) is 0 Å². The summed E-state index contributed by atoms with van der Waals surface area (Å²) in [5, 5.41) is 0. The summed E-state index contributed by atoms with van der Waals surface area (Å²) in [6.07, 6.45) is 1.41. The van der Waals surface area contributed by atoms with Crippen molar-refractivity contribution in [2.75, 3.05) is 7.11 Å². The third-order valence-electron chi connectivity index (χ3n) is 2.32. The van der Waals surface area contributed by atoms with E-state index in [0.717, 1.165) is 11.1 Å². The SMILES string of the molecule is COc1c(C=O)cc(C)c(C)c1C=O. The molecule has 0 atom stereocenters. The summed E-state index contributed by atoms with van der Waals surface area (Å²) in [7, 11) is 1.45. The van der Waals surface area contributed by atoms with Gasteiger partial charge in [0, 0.05) is 0 Å². The lowest BCUT2D eigenvalue weighted by molar-refractivity contribution is 0.111. The first-order valence-corrected chi connectivity index (χ1v) is 4.24. The number of hydrogen-bond donors (Lipinski definition) is 0. The van der Waals surface area contributed by atoms with Crippen LogP contribution < -0.4 is 4.74 Å². The van der Waals surface area contributed by atoms with Crippen LogP contribution in [0.2, 0.25) is 0 Å². The molecule has 0 saturated carbocycles. The van der Waals surface area contributed by atoms with E-state index in [0.29, 0.717) is 29.4 Å². The zero-order valence-corrected chi connectivity index (χ0v) is 8.46. The maximum atomic E-state index is 10.8. The van der Waals surface area contributed by atoms with Gasteiger partial charge in [-0.15, -0.1) is 0 Å². The molecule has 0 aliphatic rings. The van der Waals surface area contributed by atoms with Gasteiger partial charge < -0.3 is 4.74 Å². The smallest absolute Gasteiger partial charge is 0.154 e. The lowest BCUT2D eigenvalue weighted by atomic mass is 9.99. The molecule has 1 aromatic carbocycles. The minimum Gasteiger partial charge on any atom is -0.495 e. The van der Waals surface area contributed by atoms with Crippen molar-refractivity contribution < 1.29 is 14.3 Å². The molecule has 0 aromatic heterocycles. The van der Waals surface area contributed by atoms with Gasteiger partial charge in [-0.3, -0.25) is 9.59 Å². The molecule has 0 amide bonds. The number of carbonyl (C=O) groups excluding carboxylic acids is 2. The average molecular weight is 192 g/mol. The van der Waals surface area contributed by atoms with Crippen molar-refractivity contribution in [3.05, 3.63) is 28.3 Å². The van der Waals surface area contributed by atoms with Crippen molar-refractivity contribution >= 4 is 12.6 Å². The van der Waals surface area contributed by atoms with Crippen LogP contribution in [0.25, 0.3) is 0 Å². The van der Waals surface area contributed by atoms with E-state index in [4.69, 9.17) is 4.74 Å². The fourth-order valence-electron chi connectivity index (χ4n) is 1.40. The Kier molecular flexibility index (Phi) is 3.02. The van der Waals surface area contributed by atoms with E-state index in [2.05, 4.69) is 0 Å². The minimum atomic E-state index is 0.359. The summed E-state index contributed by atoms with van der Waals surface area (Å²) in [6.45, 7) is 3.69. The van der Waals surface area contributed by atoms with Crippen LogP contribution in [-0.4, -0.2) is 19.7 Å². The average Bonchev–Trinajstić information content (AvgIpc) is 2.20. The van der Waals surface area contributed by atoms with Gasteiger partial charge in [-0.2, -0.15) is 0 Å². The van der Waals surface area contributed by atoms with Crippen molar-refractivity contribution in [1.82, 2.24) is 0 Å². The molecule has 0 unspecified atom stereocenters. The standard InChI is InChI=1S/C11H12O3/c1-7-4-9(5-12)11(14-3)10(6-13)8(7)2/h4-6H,1-3H3. The highest BCUT2D eigenvalue weighted by Gasteiger charge is 2.13. The topological polar surface area (TPSA) is 43.4 Å². The first-order chi connectivity index (χ1) is 6.65. The number of rotatable bonds is 3. The quantitative estimate of drug-likeness (QED) is 0.687. The highest BCUT2D eigenvalue weighted by Crippen LogP contribution is 2.26. The second-order valence-electron chi connectivity index (χ2n) is 3.09. The summed E-state index contributed by atoms with van der Waals surface area (Å²) in [5.74, 6) is 0.359. The fourth-order valence-corrected chi connectivity index (χ4v) is 1.40. The van der Waals surface area contributed by atoms with Crippen LogP contribution in [0.4, 0.5) is 0 Å². The predicted octanol–water partition coefficient (Wildman–Crippen LogP) is 1.94. The Morgan fingerprint density at radius 1 is 1.21 bits per heavy atom. The molecule has 0 aliphatic heterocycles. The van der Waals surface area contributed by atoms with Gasteiger partial charge in [-0.05, 0) is 31.0 Å². The Morgan fingerprint density at radius 2 is 1.86 bits per heavy atom. The Labute approximate surface area is 82.7 Å². The van der Waals surface area contributed by atoms with Crippen LogP contribution in [0.15, 0.2) is 6.07 Å². The number of methoxy groups -OCH3 is 1. The van der Waals surface area contributed by atoms with E-state index in [1.807, 2.05) is 13.8 Å². The van der Waals surface area contributed by atoms with Crippen LogP contribution >= 0.6 is 0 Å². The molecule has 0 spiro atoms. The molecule has 0 N–H and O–H groups in total. The largest absolute Gasteiger partial charge is 0.495 e. The van der Waals surface area contributed by atoms with Gasteiger partial charge in [-0.25, -0.2) is 0 Å². The molecule has 14 heavy (non-hydrogen) atoms. The molecule has 1 aromatic rings. The predicted molar refractivity (Wildman–Crippen MR) is 53.2 cm³/mol. The minimum absolute atomic E-state index is 0.359. The van der Waals surface area contributed by atoms with Crippen LogP contribution in [0, 0.1) is 13.8 Å². The zero-order valence-electron chi connectivity index (χ0n) is 8.46. The van der Waals surface area contributed by atoms with Gasteiger partial charge in [0.15, 0.2) is 12.6 Å². The van der Waals surface area contributed by atoms with E-state index in [1.54, 1.807) is 6.07 Å². The van der Waals surface area contributed by atoms with Gasteiger partial charge in [0.2, 0.25) is 0 Å². The number of aryl methyl sites for hydroxylation is 1. The van der Waals surface area contributed by atoms with Gasteiger partial charge >= 0.3 is 0 Å². The lowest BCUT2D eigenvalue weighted by Gasteiger charge is -2.11. The molecule has 74 valence electrons. The maximum absolute atomic E-state index is 10.8. The molecule has 0 bridgehead atoms. The highest BCUT2D eigenvalue weighted by molar-refractivity contribution is 5.90. The fraction of sp³-hybridized carbons (Fsp3) is 0.273. The van der Waals surface area contributed by atoms with Gasteiger partial charge in [0.1, 0.15) is 5.75 Å². The lowest BCUT2D eigenvalue weighted by Crippen LogP contribution is -2.00. The summed E-state index contributed by atoms with van der Waals surface area (Å²) >= 11 is 0. The number of aldehydes is 2. The zero-order chi connectivity index (χ0) is 10.7. The molecular weight excluding hydrogens is 180 g/mol. The molecule has 1 rings (SSSR count).